The van der Waals surface area contributed by atoms with E-state index in [9.17, 15) is 4.79 Å². The molecule has 0 spiro atoms. The van der Waals surface area contributed by atoms with E-state index in [0.717, 1.165) is 25.0 Å². The SMILES string of the molecule is CCSc1ccc(CCNC(=O)C2(N)CC2)cc1. The Labute approximate surface area is 113 Å². The summed E-state index contributed by atoms with van der Waals surface area (Å²) in [7, 11) is 0. The van der Waals surface area contributed by atoms with Gasteiger partial charge in [0, 0.05) is 11.4 Å². The third-order valence-electron chi connectivity index (χ3n) is 3.17. The summed E-state index contributed by atoms with van der Waals surface area (Å²) in [6, 6.07) is 8.52. The molecule has 3 N–H and O–H groups in total. The summed E-state index contributed by atoms with van der Waals surface area (Å²) < 4.78 is 0. The molecule has 0 bridgehead atoms. The largest absolute Gasteiger partial charge is 0.354 e. The van der Waals surface area contributed by atoms with Crippen LogP contribution in [0.3, 0.4) is 0 Å². The fraction of sp³-hybridized carbons (Fsp3) is 0.500. The minimum absolute atomic E-state index is 0.000610. The first kappa shape index (κ1) is 13.4. The van der Waals surface area contributed by atoms with Crippen molar-refractivity contribution < 1.29 is 4.79 Å². The molecule has 4 heteroatoms. The average Bonchev–Trinajstić information content (AvgIpc) is 3.11. The molecule has 0 heterocycles. The minimum atomic E-state index is -0.554. The zero-order chi connectivity index (χ0) is 13.0. The number of carbonyl (C=O) groups is 1. The topological polar surface area (TPSA) is 55.1 Å². The van der Waals surface area contributed by atoms with E-state index in [1.165, 1.54) is 10.5 Å². The molecule has 98 valence electrons. The Kier molecular flexibility index (Phi) is 4.30. The van der Waals surface area contributed by atoms with Crippen LogP contribution in [0.4, 0.5) is 0 Å². The molecule has 1 aromatic rings. The monoisotopic (exact) mass is 264 g/mol. The zero-order valence-electron chi connectivity index (χ0n) is 10.7. The summed E-state index contributed by atoms with van der Waals surface area (Å²) in [5.74, 6) is 1.09. The molecule has 1 aliphatic carbocycles. The van der Waals surface area contributed by atoms with Crippen LogP contribution >= 0.6 is 11.8 Å². The van der Waals surface area contributed by atoms with Crippen molar-refractivity contribution in [3.8, 4) is 0 Å². The van der Waals surface area contributed by atoms with E-state index in [2.05, 4.69) is 36.5 Å². The van der Waals surface area contributed by atoms with Gasteiger partial charge in [0.2, 0.25) is 5.91 Å². The summed E-state index contributed by atoms with van der Waals surface area (Å²) in [6.07, 6.45) is 2.50. The summed E-state index contributed by atoms with van der Waals surface area (Å²) >= 11 is 1.84. The van der Waals surface area contributed by atoms with Crippen LogP contribution in [0.15, 0.2) is 29.2 Å². The quantitative estimate of drug-likeness (QED) is 0.772. The molecule has 3 nitrogen and oxygen atoms in total. The maximum atomic E-state index is 11.6. The number of hydrogen-bond acceptors (Lipinski definition) is 3. The second-order valence-electron chi connectivity index (χ2n) is 4.74. The lowest BCUT2D eigenvalue weighted by atomic mass is 10.1. The van der Waals surface area contributed by atoms with Crippen LogP contribution < -0.4 is 11.1 Å². The Hall–Kier alpha value is -1.00. The van der Waals surface area contributed by atoms with Gasteiger partial charge in [-0.1, -0.05) is 19.1 Å². The van der Waals surface area contributed by atoms with E-state index in [1.807, 2.05) is 11.8 Å². The Bertz CT molecular complexity index is 412. The average molecular weight is 264 g/mol. The molecule has 0 saturated heterocycles. The molecule has 0 radical (unpaired) electrons. The van der Waals surface area contributed by atoms with Crippen LogP contribution in [0, 0.1) is 0 Å². The molecule has 1 amide bonds. The van der Waals surface area contributed by atoms with Gasteiger partial charge in [0.25, 0.3) is 0 Å². The molecular weight excluding hydrogens is 244 g/mol. The van der Waals surface area contributed by atoms with Crippen LogP contribution in [-0.2, 0) is 11.2 Å². The lowest BCUT2D eigenvalue weighted by Gasteiger charge is -2.10. The van der Waals surface area contributed by atoms with Crippen LogP contribution in [0.2, 0.25) is 0 Å². The number of hydrogen-bond donors (Lipinski definition) is 2. The highest BCUT2D eigenvalue weighted by atomic mass is 32.2. The zero-order valence-corrected chi connectivity index (χ0v) is 11.6. The number of thioether (sulfide) groups is 1. The van der Waals surface area contributed by atoms with Gasteiger partial charge in [-0.25, -0.2) is 0 Å². The number of nitrogens with one attached hydrogen (secondary N) is 1. The first-order chi connectivity index (χ1) is 8.64. The van der Waals surface area contributed by atoms with Crippen molar-refractivity contribution in [2.75, 3.05) is 12.3 Å². The summed E-state index contributed by atoms with van der Waals surface area (Å²) in [4.78, 5) is 12.9. The molecule has 0 unspecified atom stereocenters. The lowest BCUT2D eigenvalue weighted by molar-refractivity contribution is -0.123. The number of benzene rings is 1. The first-order valence-corrected chi connectivity index (χ1v) is 7.41. The Morgan fingerprint density at radius 1 is 1.39 bits per heavy atom. The van der Waals surface area contributed by atoms with Crippen LogP contribution in [0.25, 0.3) is 0 Å². The van der Waals surface area contributed by atoms with Gasteiger partial charge in [-0.05, 0) is 42.7 Å². The van der Waals surface area contributed by atoms with Crippen LogP contribution in [-0.4, -0.2) is 23.7 Å². The molecule has 0 aliphatic heterocycles. The maximum Gasteiger partial charge on any atom is 0.240 e. The standard InChI is InChI=1S/C14H20N2OS/c1-2-18-12-5-3-11(4-6-12)7-10-16-13(17)14(15)8-9-14/h3-6H,2,7-10,15H2,1H3,(H,16,17). The van der Waals surface area contributed by atoms with Crippen molar-refractivity contribution in [1.29, 1.82) is 0 Å². The van der Waals surface area contributed by atoms with E-state index in [0.29, 0.717) is 6.54 Å². The highest BCUT2D eigenvalue weighted by Gasteiger charge is 2.45. The normalized spacial score (nSPS) is 16.3. The van der Waals surface area contributed by atoms with Gasteiger partial charge in [-0.3, -0.25) is 4.79 Å². The van der Waals surface area contributed by atoms with Gasteiger partial charge in [0.1, 0.15) is 0 Å². The number of rotatable bonds is 6. The summed E-state index contributed by atoms with van der Waals surface area (Å²) in [6.45, 7) is 2.81. The number of carbonyl (C=O) groups excluding carboxylic acids is 1. The Morgan fingerprint density at radius 2 is 2.06 bits per heavy atom. The lowest BCUT2D eigenvalue weighted by Crippen LogP contribution is -2.43. The van der Waals surface area contributed by atoms with Gasteiger partial charge in [0.05, 0.1) is 5.54 Å². The fourth-order valence-electron chi connectivity index (χ4n) is 1.78. The highest BCUT2D eigenvalue weighted by Crippen LogP contribution is 2.31. The van der Waals surface area contributed by atoms with E-state index >= 15 is 0 Å². The van der Waals surface area contributed by atoms with E-state index in [-0.39, 0.29) is 5.91 Å². The summed E-state index contributed by atoms with van der Waals surface area (Å²) in [5, 5.41) is 2.90. The molecule has 1 aliphatic rings. The molecule has 2 rings (SSSR count). The summed E-state index contributed by atoms with van der Waals surface area (Å²) in [5.41, 5.74) is 6.50. The first-order valence-electron chi connectivity index (χ1n) is 6.43. The Morgan fingerprint density at radius 3 is 2.61 bits per heavy atom. The van der Waals surface area contributed by atoms with Gasteiger partial charge in [-0.2, -0.15) is 0 Å². The van der Waals surface area contributed by atoms with Crippen molar-refractivity contribution in [1.82, 2.24) is 5.32 Å². The van der Waals surface area contributed by atoms with Crippen molar-refractivity contribution in [3.05, 3.63) is 29.8 Å². The van der Waals surface area contributed by atoms with E-state index in [1.54, 1.807) is 0 Å². The third kappa shape index (κ3) is 3.50. The predicted octanol–water partition coefficient (Wildman–Crippen LogP) is 1.95. The van der Waals surface area contributed by atoms with Gasteiger partial charge in [0.15, 0.2) is 0 Å². The smallest absolute Gasteiger partial charge is 0.240 e. The molecule has 1 saturated carbocycles. The second-order valence-corrected chi connectivity index (χ2v) is 6.08. The molecule has 0 atom stereocenters. The van der Waals surface area contributed by atoms with Crippen molar-refractivity contribution in [2.24, 2.45) is 5.73 Å². The fourth-order valence-corrected chi connectivity index (χ4v) is 2.44. The van der Waals surface area contributed by atoms with E-state index in [4.69, 9.17) is 5.73 Å². The molecule has 1 fully saturated rings. The van der Waals surface area contributed by atoms with Gasteiger partial charge in [-0.15, -0.1) is 11.8 Å². The van der Waals surface area contributed by atoms with Gasteiger partial charge < -0.3 is 11.1 Å². The predicted molar refractivity (Wildman–Crippen MR) is 75.7 cm³/mol. The highest BCUT2D eigenvalue weighted by molar-refractivity contribution is 7.99. The molecule has 18 heavy (non-hydrogen) atoms. The molecule has 1 aromatic carbocycles. The van der Waals surface area contributed by atoms with Crippen LogP contribution in [0.1, 0.15) is 25.3 Å². The van der Waals surface area contributed by atoms with Gasteiger partial charge >= 0.3 is 0 Å². The molecular formula is C14H20N2OS. The van der Waals surface area contributed by atoms with Crippen LogP contribution in [0.5, 0.6) is 0 Å². The van der Waals surface area contributed by atoms with Crippen molar-refractivity contribution in [2.45, 2.75) is 36.6 Å². The Balaban J connectivity index is 1.74. The molecule has 0 aromatic heterocycles. The van der Waals surface area contributed by atoms with E-state index < -0.39 is 5.54 Å². The third-order valence-corrected chi connectivity index (χ3v) is 4.07. The second kappa shape index (κ2) is 5.76. The maximum absolute atomic E-state index is 11.6. The van der Waals surface area contributed by atoms with Crippen molar-refractivity contribution >= 4 is 17.7 Å². The number of nitrogens with two attached hydrogens (primary N) is 1. The number of amides is 1. The minimum Gasteiger partial charge on any atom is -0.354 e. The van der Waals surface area contributed by atoms with Crippen molar-refractivity contribution in [3.63, 3.8) is 0 Å².